The Hall–Kier alpha value is -1.55. The maximum Gasteiger partial charge on any atom is 0.252 e. The quantitative estimate of drug-likeness (QED) is 0.649. The van der Waals surface area contributed by atoms with Crippen molar-refractivity contribution >= 4 is 5.91 Å². The number of hydrogen-bond acceptors (Lipinski definition) is 3. The smallest absolute Gasteiger partial charge is 0.252 e. The highest BCUT2D eigenvalue weighted by Gasteiger charge is 2.08. The molecule has 1 aromatic carbocycles. The molecule has 0 fully saturated rings. The summed E-state index contributed by atoms with van der Waals surface area (Å²) >= 11 is 0. The number of carbonyl (C=O) groups excluding carboxylic acids is 1. The summed E-state index contributed by atoms with van der Waals surface area (Å²) in [5.74, 6) is -0.722. The molecule has 0 aliphatic rings. The minimum absolute atomic E-state index is 0.0141. The molecule has 1 unspecified atom stereocenters. The largest absolute Gasteiger partial charge is 0.507 e. The van der Waals surface area contributed by atoms with Crippen molar-refractivity contribution in [3.63, 3.8) is 0 Å². The van der Waals surface area contributed by atoms with Crippen LogP contribution < -0.4 is 11.5 Å². The summed E-state index contributed by atoms with van der Waals surface area (Å²) in [4.78, 5) is 10.9. The van der Waals surface area contributed by atoms with E-state index in [4.69, 9.17) is 11.5 Å². The third-order valence-electron chi connectivity index (χ3n) is 1.88. The lowest BCUT2D eigenvalue weighted by Crippen LogP contribution is -2.18. The van der Waals surface area contributed by atoms with Gasteiger partial charge >= 0.3 is 0 Å². The summed E-state index contributed by atoms with van der Waals surface area (Å²) in [6.45, 7) is 1.87. The van der Waals surface area contributed by atoms with Gasteiger partial charge in [0, 0.05) is 6.04 Å². The number of amides is 1. The standard InChI is InChI=1S/C10H14N2O2/c1-6(11)4-7-2-3-9(13)8(5-7)10(12)14/h2-3,5-6,13H,4,11H2,1H3,(H2,12,14). The van der Waals surface area contributed by atoms with Crippen molar-refractivity contribution in [1.82, 2.24) is 0 Å². The van der Waals surface area contributed by atoms with Crippen LogP contribution in [0, 0.1) is 0 Å². The molecular weight excluding hydrogens is 180 g/mol. The molecule has 0 aromatic heterocycles. The summed E-state index contributed by atoms with van der Waals surface area (Å²) in [6, 6.07) is 4.77. The maximum absolute atomic E-state index is 10.9. The number of phenols is 1. The van der Waals surface area contributed by atoms with Crippen LogP contribution in [-0.2, 0) is 6.42 Å². The molecule has 0 aliphatic heterocycles. The number of carbonyl (C=O) groups is 1. The van der Waals surface area contributed by atoms with E-state index < -0.39 is 5.91 Å². The molecule has 0 heterocycles. The summed E-state index contributed by atoms with van der Waals surface area (Å²) in [6.07, 6.45) is 0.653. The Morgan fingerprint density at radius 2 is 2.21 bits per heavy atom. The van der Waals surface area contributed by atoms with Gasteiger partial charge in [0.15, 0.2) is 0 Å². The van der Waals surface area contributed by atoms with Crippen LogP contribution in [-0.4, -0.2) is 17.1 Å². The van der Waals surface area contributed by atoms with Gasteiger partial charge in [0.2, 0.25) is 0 Å². The minimum Gasteiger partial charge on any atom is -0.507 e. The fraction of sp³-hybridized carbons (Fsp3) is 0.300. The summed E-state index contributed by atoms with van der Waals surface area (Å²) in [5.41, 5.74) is 11.7. The van der Waals surface area contributed by atoms with E-state index in [0.717, 1.165) is 5.56 Å². The van der Waals surface area contributed by atoms with Gasteiger partial charge in [0.25, 0.3) is 5.91 Å². The fourth-order valence-electron chi connectivity index (χ4n) is 1.28. The van der Waals surface area contributed by atoms with Crippen LogP contribution in [0.2, 0.25) is 0 Å². The van der Waals surface area contributed by atoms with E-state index in [0.29, 0.717) is 6.42 Å². The lowest BCUT2D eigenvalue weighted by Gasteiger charge is -2.07. The first-order valence-electron chi connectivity index (χ1n) is 4.38. The number of benzene rings is 1. The Labute approximate surface area is 82.5 Å². The van der Waals surface area contributed by atoms with Gasteiger partial charge in [-0.3, -0.25) is 4.79 Å². The second kappa shape index (κ2) is 4.11. The van der Waals surface area contributed by atoms with Gasteiger partial charge in [0.05, 0.1) is 5.56 Å². The van der Waals surface area contributed by atoms with Crippen LogP contribution in [0.5, 0.6) is 5.75 Å². The van der Waals surface area contributed by atoms with Crippen molar-refractivity contribution in [3.05, 3.63) is 29.3 Å². The van der Waals surface area contributed by atoms with Gasteiger partial charge < -0.3 is 16.6 Å². The third-order valence-corrected chi connectivity index (χ3v) is 1.88. The molecule has 0 spiro atoms. The van der Waals surface area contributed by atoms with Gasteiger partial charge in [-0.2, -0.15) is 0 Å². The molecule has 1 aromatic rings. The number of hydrogen-bond donors (Lipinski definition) is 3. The number of aromatic hydroxyl groups is 1. The number of primary amides is 1. The van der Waals surface area contributed by atoms with Crippen molar-refractivity contribution in [2.45, 2.75) is 19.4 Å². The van der Waals surface area contributed by atoms with Crippen LogP contribution in [0.25, 0.3) is 0 Å². The number of rotatable bonds is 3. The van der Waals surface area contributed by atoms with E-state index >= 15 is 0 Å². The van der Waals surface area contributed by atoms with E-state index in [9.17, 15) is 9.90 Å². The normalized spacial score (nSPS) is 12.4. The second-order valence-corrected chi connectivity index (χ2v) is 3.40. The average Bonchev–Trinajstić information content (AvgIpc) is 2.07. The van der Waals surface area contributed by atoms with Crippen LogP contribution >= 0.6 is 0 Å². The Morgan fingerprint density at radius 3 is 2.71 bits per heavy atom. The Bertz CT molecular complexity index is 348. The van der Waals surface area contributed by atoms with Crippen molar-refractivity contribution in [2.75, 3.05) is 0 Å². The van der Waals surface area contributed by atoms with Gasteiger partial charge in [-0.05, 0) is 31.0 Å². The SMILES string of the molecule is CC(N)Cc1ccc(O)c(C(N)=O)c1. The first-order valence-corrected chi connectivity index (χ1v) is 4.38. The van der Waals surface area contributed by atoms with E-state index in [1.54, 1.807) is 12.1 Å². The Morgan fingerprint density at radius 1 is 1.57 bits per heavy atom. The Balaban J connectivity index is 3.00. The zero-order valence-corrected chi connectivity index (χ0v) is 8.03. The molecule has 0 aliphatic carbocycles. The summed E-state index contributed by atoms with van der Waals surface area (Å²) in [5, 5.41) is 9.31. The predicted molar refractivity (Wildman–Crippen MR) is 54.0 cm³/mol. The molecule has 4 heteroatoms. The molecule has 76 valence electrons. The second-order valence-electron chi connectivity index (χ2n) is 3.40. The van der Waals surface area contributed by atoms with Crippen LogP contribution in [0.1, 0.15) is 22.8 Å². The molecule has 0 bridgehead atoms. The first-order chi connectivity index (χ1) is 6.50. The highest BCUT2D eigenvalue weighted by Crippen LogP contribution is 2.18. The highest BCUT2D eigenvalue weighted by molar-refractivity contribution is 5.95. The van der Waals surface area contributed by atoms with Crippen molar-refractivity contribution in [3.8, 4) is 5.75 Å². The van der Waals surface area contributed by atoms with Gasteiger partial charge in [-0.15, -0.1) is 0 Å². The molecule has 0 saturated heterocycles. The Kier molecular flexibility index (Phi) is 3.09. The summed E-state index contributed by atoms with van der Waals surface area (Å²) in [7, 11) is 0. The average molecular weight is 194 g/mol. The van der Waals surface area contributed by atoms with Crippen molar-refractivity contribution in [2.24, 2.45) is 11.5 Å². The molecule has 14 heavy (non-hydrogen) atoms. The van der Waals surface area contributed by atoms with Gasteiger partial charge in [-0.25, -0.2) is 0 Å². The van der Waals surface area contributed by atoms with Crippen molar-refractivity contribution < 1.29 is 9.90 Å². The predicted octanol–water partition coefficient (Wildman–Crippen LogP) is 0.381. The monoisotopic (exact) mass is 194 g/mol. The lowest BCUT2D eigenvalue weighted by molar-refractivity contribution is 0.0997. The maximum atomic E-state index is 10.9. The zero-order chi connectivity index (χ0) is 10.7. The van der Waals surface area contributed by atoms with E-state index in [-0.39, 0.29) is 17.4 Å². The lowest BCUT2D eigenvalue weighted by atomic mass is 10.0. The molecule has 1 rings (SSSR count). The molecular formula is C10H14N2O2. The molecule has 4 nitrogen and oxygen atoms in total. The molecule has 1 atom stereocenters. The molecule has 5 N–H and O–H groups in total. The highest BCUT2D eigenvalue weighted by atomic mass is 16.3. The summed E-state index contributed by atoms with van der Waals surface area (Å²) < 4.78 is 0. The van der Waals surface area contributed by atoms with E-state index in [1.807, 2.05) is 6.92 Å². The van der Waals surface area contributed by atoms with Gasteiger partial charge in [-0.1, -0.05) is 6.07 Å². The van der Waals surface area contributed by atoms with Crippen LogP contribution in [0.4, 0.5) is 0 Å². The van der Waals surface area contributed by atoms with E-state index in [1.165, 1.54) is 6.07 Å². The molecule has 1 amide bonds. The third kappa shape index (κ3) is 2.47. The fourth-order valence-corrected chi connectivity index (χ4v) is 1.28. The van der Waals surface area contributed by atoms with Crippen LogP contribution in [0.3, 0.4) is 0 Å². The zero-order valence-electron chi connectivity index (χ0n) is 8.03. The number of nitrogens with two attached hydrogens (primary N) is 2. The molecule has 0 radical (unpaired) electrons. The van der Waals surface area contributed by atoms with Crippen molar-refractivity contribution in [1.29, 1.82) is 0 Å². The first kappa shape index (κ1) is 10.5. The topological polar surface area (TPSA) is 89.3 Å². The minimum atomic E-state index is -0.631. The van der Waals surface area contributed by atoms with Gasteiger partial charge in [0.1, 0.15) is 5.75 Å². The van der Waals surface area contributed by atoms with E-state index in [2.05, 4.69) is 0 Å². The van der Waals surface area contributed by atoms with Crippen LogP contribution in [0.15, 0.2) is 18.2 Å². The molecule has 0 saturated carbocycles.